The summed E-state index contributed by atoms with van der Waals surface area (Å²) >= 11 is 3.43. The lowest BCUT2D eigenvalue weighted by Gasteiger charge is -2.35. The lowest BCUT2D eigenvalue weighted by Crippen LogP contribution is -2.50. The fourth-order valence-electron chi connectivity index (χ4n) is 2.58. The van der Waals surface area contributed by atoms with E-state index in [2.05, 4.69) is 20.8 Å². The van der Waals surface area contributed by atoms with Crippen LogP contribution in [0.2, 0.25) is 0 Å². The fraction of sp³-hybridized carbons (Fsp3) is 0.643. The van der Waals surface area contributed by atoms with E-state index in [4.69, 9.17) is 0 Å². The highest BCUT2D eigenvalue weighted by atomic mass is 79.9. The number of rotatable bonds is 4. The summed E-state index contributed by atoms with van der Waals surface area (Å²) in [6.45, 7) is 8.38. The zero-order chi connectivity index (χ0) is 14.7. The molecule has 112 valence electrons. The highest BCUT2D eigenvalue weighted by Crippen LogP contribution is 2.17. The summed E-state index contributed by atoms with van der Waals surface area (Å²) in [6, 6.07) is 1.88. The van der Waals surface area contributed by atoms with Crippen molar-refractivity contribution in [1.29, 1.82) is 0 Å². The Bertz CT molecular complexity index is 465. The molecule has 0 bridgehead atoms. The molecule has 1 amide bonds. The Morgan fingerprint density at radius 1 is 1.40 bits per heavy atom. The Morgan fingerprint density at radius 3 is 2.60 bits per heavy atom. The number of halogens is 1. The summed E-state index contributed by atoms with van der Waals surface area (Å²) in [5.41, 5.74) is 0.739. The lowest BCUT2D eigenvalue weighted by molar-refractivity contribution is 0.0545. The van der Waals surface area contributed by atoms with Crippen molar-refractivity contribution < 1.29 is 9.90 Å². The van der Waals surface area contributed by atoms with Gasteiger partial charge in [0.1, 0.15) is 5.69 Å². The van der Waals surface area contributed by atoms with Gasteiger partial charge in [-0.05, 0) is 35.8 Å². The van der Waals surface area contributed by atoms with Crippen molar-refractivity contribution in [3.05, 3.63) is 22.4 Å². The zero-order valence-corrected chi connectivity index (χ0v) is 13.6. The summed E-state index contributed by atoms with van der Waals surface area (Å²) < 4.78 is 2.91. The molecule has 1 aromatic heterocycles. The van der Waals surface area contributed by atoms with Gasteiger partial charge >= 0.3 is 0 Å². The minimum atomic E-state index is -0.314. The molecular weight excluding hydrogens is 322 g/mol. The number of aromatic nitrogens is 1. The van der Waals surface area contributed by atoms with Gasteiger partial charge in [0.25, 0.3) is 5.91 Å². The first-order valence-corrected chi connectivity index (χ1v) is 7.86. The van der Waals surface area contributed by atoms with Crippen LogP contribution in [0.4, 0.5) is 0 Å². The van der Waals surface area contributed by atoms with E-state index in [-0.39, 0.29) is 12.0 Å². The van der Waals surface area contributed by atoms with Crippen LogP contribution in [-0.4, -0.2) is 64.2 Å². The minimum absolute atomic E-state index is 0.0919. The predicted octanol–water partition coefficient (Wildman–Crippen LogP) is 1.41. The van der Waals surface area contributed by atoms with Gasteiger partial charge in [0, 0.05) is 49.9 Å². The Morgan fingerprint density at radius 2 is 2.05 bits per heavy atom. The van der Waals surface area contributed by atoms with Crippen molar-refractivity contribution in [3.8, 4) is 0 Å². The molecule has 2 rings (SSSR count). The van der Waals surface area contributed by atoms with Crippen LogP contribution in [0.3, 0.4) is 0 Å². The first-order valence-electron chi connectivity index (χ1n) is 7.06. The van der Waals surface area contributed by atoms with Crippen LogP contribution in [0.25, 0.3) is 0 Å². The molecular formula is C14H22BrN3O2. The van der Waals surface area contributed by atoms with Gasteiger partial charge in [-0.3, -0.25) is 9.69 Å². The average Bonchev–Trinajstić information content (AvgIpc) is 2.79. The van der Waals surface area contributed by atoms with Crippen LogP contribution in [0, 0.1) is 0 Å². The van der Waals surface area contributed by atoms with Crippen molar-refractivity contribution in [2.24, 2.45) is 0 Å². The number of aryl methyl sites for hydroxylation is 1. The normalized spacial score (nSPS) is 18.3. The van der Waals surface area contributed by atoms with E-state index in [1.807, 2.05) is 28.7 Å². The molecule has 1 aliphatic rings. The molecule has 1 fully saturated rings. The van der Waals surface area contributed by atoms with Gasteiger partial charge in [-0.25, -0.2) is 0 Å². The molecule has 1 aliphatic heterocycles. The van der Waals surface area contributed by atoms with E-state index in [9.17, 15) is 9.90 Å². The summed E-state index contributed by atoms with van der Waals surface area (Å²) in [5.74, 6) is 0.0919. The largest absolute Gasteiger partial charge is 0.392 e. The summed E-state index contributed by atoms with van der Waals surface area (Å²) in [7, 11) is 0. The molecule has 0 aliphatic carbocycles. The number of hydrogen-bond donors (Lipinski definition) is 1. The summed E-state index contributed by atoms with van der Waals surface area (Å²) in [5, 5.41) is 9.40. The van der Waals surface area contributed by atoms with Gasteiger partial charge in [-0.15, -0.1) is 0 Å². The Kier molecular flexibility index (Phi) is 5.23. The van der Waals surface area contributed by atoms with Crippen molar-refractivity contribution in [3.63, 3.8) is 0 Å². The molecule has 1 aromatic rings. The fourth-order valence-corrected chi connectivity index (χ4v) is 3.05. The van der Waals surface area contributed by atoms with Crippen LogP contribution >= 0.6 is 15.9 Å². The van der Waals surface area contributed by atoms with Crippen LogP contribution in [0.5, 0.6) is 0 Å². The second kappa shape index (κ2) is 6.74. The number of amides is 1. The molecule has 0 saturated carbocycles. The quantitative estimate of drug-likeness (QED) is 0.899. The van der Waals surface area contributed by atoms with Crippen LogP contribution < -0.4 is 0 Å². The van der Waals surface area contributed by atoms with E-state index >= 15 is 0 Å². The van der Waals surface area contributed by atoms with E-state index in [1.54, 1.807) is 6.92 Å². The number of carbonyl (C=O) groups excluding carboxylic acids is 1. The Labute approximate surface area is 128 Å². The molecule has 0 unspecified atom stereocenters. The minimum Gasteiger partial charge on any atom is -0.392 e. The van der Waals surface area contributed by atoms with Crippen LogP contribution in [0.15, 0.2) is 16.7 Å². The van der Waals surface area contributed by atoms with E-state index < -0.39 is 0 Å². The smallest absolute Gasteiger partial charge is 0.270 e. The number of hydrogen-bond acceptors (Lipinski definition) is 3. The SMILES string of the molecule is CCn1cc(Br)cc1C(=O)N1CCN(C[C@@H](C)O)CC1. The monoisotopic (exact) mass is 343 g/mol. The molecule has 5 nitrogen and oxygen atoms in total. The molecule has 1 N–H and O–H groups in total. The first-order chi connectivity index (χ1) is 9.51. The number of carbonyl (C=O) groups is 1. The number of piperazine rings is 1. The first kappa shape index (κ1) is 15.5. The number of aliphatic hydroxyl groups is 1. The lowest BCUT2D eigenvalue weighted by atomic mass is 10.2. The summed E-state index contributed by atoms with van der Waals surface area (Å²) in [4.78, 5) is 16.6. The molecule has 0 spiro atoms. The van der Waals surface area contributed by atoms with Crippen molar-refractivity contribution in [2.45, 2.75) is 26.5 Å². The van der Waals surface area contributed by atoms with Crippen LogP contribution in [0.1, 0.15) is 24.3 Å². The van der Waals surface area contributed by atoms with Gasteiger partial charge in [-0.2, -0.15) is 0 Å². The molecule has 1 saturated heterocycles. The Hall–Kier alpha value is -0.850. The highest BCUT2D eigenvalue weighted by molar-refractivity contribution is 9.10. The molecule has 6 heteroatoms. The second-order valence-electron chi connectivity index (χ2n) is 5.27. The van der Waals surface area contributed by atoms with Gasteiger partial charge in [0.05, 0.1) is 6.10 Å². The maximum Gasteiger partial charge on any atom is 0.270 e. The topological polar surface area (TPSA) is 48.7 Å². The second-order valence-corrected chi connectivity index (χ2v) is 6.19. The number of β-amino-alcohol motifs (C(OH)–C–C–N with tert-alkyl or cyclic N) is 1. The van der Waals surface area contributed by atoms with Gasteiger partial charge in [0.15, 0.2) is 0 Å². The average molecular weight is 344 g/mol. The van der Waals surface area contributed by atoms with Crippen LogP contribution in [-0.2, 0) is 6.54 Å². The number of aliphatic hydroxyl groups excluding tert-OH is 1. The number of nitrogens with zero attached hydrogens (tertiary/aromatic N) is 3. The molecule has 0 radical (unpaired) electrons. The predicted molar refractivity (Wildman–Crippen MR) is 81.8 cm³/mol. The third-order valence-electron chi connectivity index (χ3n) is 3.60. The highest BCUT2D eigenvalue weighted by Gasteiger charge is 2.24. The zero-order valence-electron chi connectivity index (χ0n) is 12.0. The van der Waals surface area contributed by atoms with Gasteiger partial charge in [-0.1, -0.05) is 0 Å². The third-order valence-corrected chi connectivity index (χ3v) is 4.04. The van der Waals surface area contributed by atoms with E-state index in [1.165, 1.54) is 0 Å². The molecule has 20 heavy (non-hydrogen) atoms. The molecule has 1 atom stereocenters. The third kappa shape index (κ3) is 3.62. The van der Waals surface area contributed by atoms with Gasteiger partial charge in [0.2, 0.25) is 0 Å². The molecule has 2 heterocycles. The van der Waals surface area contributed by atoms with Crippen molar-refractivity contribution in [2.75, 3.05) is 32.7 Å². The standard InChI is InChI=1S/C14H22BrN3O2/c1-3-17-10-12(15)8-13(17)14(20)18-6-4-16(5-7-18)9-11(2)19/h8,10-11,19H,3-7,9H2,1-2H3/t11-/m1/s1. The maximum absolute atomic E-state index is 12.5. The van der Waals surface area contributed by atoms with E-state index in [0.29, 0.717) is 6.54 Å². The van der Waals surface area contributed by atoms with Crippen molar-refractivity contribution >= 4 is 21.8 Å². The van der Waals surface area contributed by atoms with Gasteiger partial charge < -0.3 is 14.6 Å². The molecule has 0 aromatic carbocycles. The summed E-state index contributed by atoms with van der Waals surface area (Å²) in [6.07, 6.45) is 1.63. The van der Waals surface area contributed by atoms with E-state index in [0.717, 1.165) is 42.9 Å². The maximum atomic E-state index is 12.5. The van der Waals surface area contributed by atoms with Crippen molar-refractivity contribution in [1.82, 2.24) is 14.4 Å². The Balaban J connectivity index is 1.98.